The number of benzene rings is 1. The van der Waals surface area contributed by atoms with Gasteiger partial charge in [0.1, 0.15) is 0 Å². The minimum absolute atomic E-state index is 0.573. The number of rotatable bonds is 3. The first-order valence-electron chi connectivity index (χ1n) is 5.91. The summed E-state index contributed by atoms with van der Waals surface area (Å²) in [5.74, 6) is 0.698. The van der Waals surface area contributed by atoms with Crippen LogP contribution in [0.15, 0.2) is 22.7 Å². The molecule has 1 aliphatic rings. The summed E-state index contributed by atoms with van der Waals surface area (Å²) in [6.45, 7) is 6.55. The summed E-state index contributed by atoms with van der Waals surface area (Å²) in [7, 11) is 0. The van der Waals surface area contributed by atoms with E-state index >= 15 is 0 Å². The van der Waals surface area contributed by atoms with E-state index in [9.17, 15) is 0 Å². The number of hydrogen-bond acceptors (Lipinski definition) is 2. The van der Waals surface area contributed by atoms with E-state index in [1.807, 2.05) is 0 Å². The van der Waals surface area contributed by atoms with Gasteiger partial charge in [-0.2, -0.15) is 0 Å². The van der Waals surface area contributed by atoms with Gasteiger partial charge in [0.05, 0.1) is 5.69 Å². The van der Waals surface area contributed by atoms with Crippen LogP contribution in [0.2, 0.25) is 0 Å². The predicted molar refractivity (Wildman–Crippen MR) is 73.0 cm³/mol. The minimum Gasteiger partial charge on any atom is -0.384 e. The molecule has 1 aliphatic heterocycles. The Kier molecular flexibility index (Phi) is 3.87. The van der Waals surface area contributed by atoms with Crippen molar-refractivity contribution < 1.29 is 0 Å². The summed E-state index contributed by atoms with van der Waals surface area (Å²) >= 11 is 3.59. The van der Waals surface area contributed by atoms with Gasteiger partial charge in [0.15, 0.2) is 0 Å². The van der Waals surface area contributed by atoms with Gasteiger partial charge in [0, 0.05) is 23.6 Å². The van der Waals surface area contributed by atoms with E-state index in [1.165, 1.54) is 22.1 Å². The first-order valence-corrected chi connectivity index (χ1v) is 6.70. The van der Waals surface area contributed by atoms with Crippen LogP contribution in [-0.4, -0.2) is 19.1 Å². The highest BCUT2D eigenvalue weighted by atomic mass is 79.9. The van der Waals surface area contributed by atoms with Gasteiger partial charge in [-0.05, 0) is 39.9 Å². The van der Waals surface area contributed by atoms with Crippen LogP contribution in [0.1, 0.15) is 19.4 Å². The van der Waals surface area contributed by atoms with Gasteiger partial charge in [-0.3, -0.25) is 0 Å². The summed E-state index contributed by atoms with van der Waals surface area (Å²) in [5, 5.41) is 7.03. The van der Waals surface area contributed by atoms with Crippen LogP contribution < -0.4 is 10.6 Å². The smallest absolute Gasteiger partial charge is 0.0517 e. The van der Waals surface area contributed by atoms with Crippen LogP contribution in [-0.2, 0) is 6.42 Å². The molecular formula is C13H19BrN2. The number of para-hydroxylation sites is 1. The average molecular weight is 283 g/mol. The highest BCUT2D eigenvalue weighted by molar-refractivity contribution is 9.10. The molecule has 2 N–H and O–H groups in total. The van der Waals surface area contributed by atoms with Crippen molar-refractivity contribution in [3.63, 3.8) is 0 Å². The summed E-state index contributed by atoms with van der Waals surface area (Å²) in [6.07, 6.45) is 1.17. The first-order chi connectivity index (χ1) is 7.66. The van der Waals surface area contributed by atoms with E-state index in [0.717, 1.165) is 13.1 Å². The molecule has 0 saturated carbocycles. The summed E-state index contributed by atoms with van der Waals surface area (Å²) in [5.41, 5.74) is 2.71. The van der Waals surface area contributed by atoms with Crippen LogP contribution >= 0.6 is 15.9 Å². The third-order valence-electron chi connectivity index (χ3n) is 2.99. The maximum Gasteiger partial charge on any atom is 0.0517 e. The van der Waals surface area contributed by atoms with Crippen molar-refractivity contribution in [2.45, 2.75) is 26.3 Å². The third-order valence-corrected chi connectivity index (χ3v) is 3.65. The Bertz CT molecular complexity index is 363. The third kappa shape index (κ3) is 2.77. The molecule has 0 fully saturated rings. The zero-order chi connectivity index (χ0) is 11.5. The van der Waals surface area contributed by atoms with Gasteiger partial charge >= 0.3 is 0 Å². The highest BCUT2D eigenvalue weighted by Crippen LogP contribution is 2.31. The second-order valence-electron chi connectivity index (χ2n) is 4.79. The van der Waals surface area contributed by atoms with E-state index in [0.29, 0.717) is 12.0 Å². The molecule has 1 unspecified atom stereocenters. The van der Waals surface area contributed by atoms with Gasteiger partial charge in [-0.25, -0.2) is 0 Å². The second-order valence-corrected chi connectivity index (χ2v) is 5.64. The molecule has 0 amide bonds. The van der Waals surface area contributed by atoms with Crippen LogP contribution in [0.4, 0.5) is 5.69 Å². The largest absolute Gasteiger partial charge is 0.384 e. The summed E-state index contributed by atoms with van der Waals surface area (Å²) < 4.78 is 1.18. The lowest BCUT2D eigenvalue weighted by molar-refractivity contribution is 0.455. The predicted octanol–water partition coefficient (Wildman–Crippen LogP) is 3.03. The number of anilines is 1. The Labute approximate surface area is 106 Å². The van der Waals surface area contributed by atoms with Gasteiger partial charge in [-0.1, -0.05) is 26.0 Å². The molecule has 1 heterocycles. The molecule has 1 aromatic carbocycles. The quantitative estimate of drug-likeness (QED) is 0.891. The van der Waals surface area contributed by atoms with Crippen LogP contribution in [0.5, 0.6) is 0 Å². The number of nitrogens with one attached hydrogen (secondary N) is 2. The Hall–Kier alpha value is -0.540. The fourth-order valence-electron chi connectivity index (χ4n) is 2.11. The van der Waals surface area contributed by atoms with Crippen molar-refractivity contribution in [3.8, 4) is 0 Å². The van der Waals surface area contributed by atoms with E-state index in [2.05, 4.69) is 58.6 Å². The standard InChI is InChI=1S/C13H19BrN2/c1-9(2)15-7-10-6-11-4-3-5-12(14)13(11)16-8-10/h3-5,9-10,15-16H,6-8H2,1-2H3. The normalized spacial score (nSPS) is 19.4. The lowest BCUT2D eigenvalue weighted by Gasteiger charge is -2.27. The van der Waals surface area contributed by atoms with Crippen molar-refractivity contribution in [1.82, 2.24) is 5.32 Å². The number of fused-ring (bicyclic) bond motifs is 1. The molecule has 0 aliphatic carbocycles. The van der Waals surface area contributed by atoms with Crippen molar-refractivity contribution in [2.24, 2.45) is 5.92 Å². The molecule has 0 spiro atoms. The minimum atomic E-state index is 0.573. The molecule has 1 aromatic rings. The van der Waals surface area contributed by atoms with E-state index in [4.69, 9.17) is 0 Å². The van der Waals surface area contributed by atoms with Gasteiger partial charge in [0.2, 0.25) is 0 Å². The van der Waals surface area contributed by atoms with Crippen LogP contribution in [0.25, 0.3) is 0 Å². The Morgan fingerprint density at radius 1 is 1.50 bits per heavy atom. The molecule has 2 nitrogen and oxygen atoms in total. The highest BCUT2D eigenvalue weighted by Gasteiger charge is 2.19. The summed E-state index contributed by atoms with van der Waals surface area (Å²) in [4.78, 5) is 0. The Morgan fingerprint density at radius 3 is 3.06 bits per heavy atom. The molecule has 1 atom stereocenters. The molecule has 0 bridgehead atoms. The fourth-order valence-corrected chi connectivity index (χ4v) is 2.66. The fraction of sp³-hybridized carbons (Fsp3) is 0.538. The van der Waals surface area contributed by atoms with E-state index < -0.39 is 0 Å². The number of halogens is 1. The molecule has 0 aromatic heterocycles. The molecule has 0 radical (unpaired) electrons. The van der Waals surface area contributed by atoms with Crippen LogP contribution in [0.3, 0.4) is 0 Å². The van der Waals surface area contributed by atoms with Gasteiger partial charge in [-0.15, -0.1) is 0 Å². The van der Waals surface area contributed by atoms with Crippen molar-refractivity contribution in [3.05, 3.63) is 28.2 Å². The average Bonchev–Trinajstić information content (AvgIpc) is 2.26. The second kappa shape index (κ2) is 5.19. The zero-order valence-electron chi connectivity index (χ0n) is 9.89. The maximum atomic E-state index is 3.59. The van der Waals surface area contributed by atoms with Gasteiger partial charge < -0.3 is 10.6 Å². The monoisotopic (exact) mass is 282 g/mol. The topological polar surface area (TPSA) is 24.1 Å². The molecule has 88 valence electrons. The Balaban J connectivity index is 2.01. The SMILES string of the molecule is CC(C)NCC1CNc2c(Br)cccc2C1. The molecular weight excluding hydrogens is 264 g/mol. The Morgan fingerprint density at radius 2 is 2.31 bits per heavy atom. The first kappa shape index (κ1) is 11.9. The number of hydrogen-bond donors (Lipinski definition) is 2. The van der Waals surface area contributed by atoms with Crippen LogP contribution in [0, 0.1) is 5.92 Å². The molecule has 0 saturated heterocycles. The molecule has 16 heavy (non-hydrogen) atoms. The van der Waals surface area contributed by atoms with Crippen molar-refractivity contribution in [1.29, 1.82) is 0 Å². The van der Waals surface area contributed by atoms with Crippen molar-refractivity contribution >= 4 is 21.6 Å². The van der Waals surface area contributed by atoms with Crippen molar-refractivity contribution in [2.75, 3.05) is 18.4 Å². The lowest BCUT2D eigenvalue weighted by atomic mass is 9.94. The van der Waals surface area contributed by atoms with E-state index in [-0.39, 0.29) is 0 Å². The lowest BCUT2D eigenvalue weighted by Crippen LogP contribution is -2.35. The van der Waals surface area contributed by atoms with Gasteiger partial charge in [0.25, 0.3) is 0 Å². The summed E-state index contributed by atoms with van der Waals surface area (Å²) in [6, 6.07) is 7.00. The van der Waals surface area contributed by atoms with E-state index in [1.54, 1.807) is 0 Å². The molecule has 3 heteroatoms. The zero-order valence-corrected chi connectivity index (χ0v) is 11.5. The maximum absolute atomic E-state index is 3.59. The molecule has 2 rings (SSSR count).